The first-order valence-electron chi connectivity index (χ1n) is 11.4. The van der Waals surface area contributed by atoms with Crippen LogP contribution in [0.4, 0.5) is 0 Å². The molecule has 0 nitrogen and oxygen atoms in total. The molecule has 4 aromatic rings. The monoisotopic (exact) mass is 554 g/mol. The van der Waals surface area contributed by atoms with Crippen molar-refractivity contribution < 1.29 is 0 Å². The van der Waals surface area contributed by atoms with E-state index in [1.807, 2.05) is 36.4 Å². The van der Waals surface area contributed by atoms with Gasteiger partial charge in [0.25, 0.3) is 0 Å². The average molecular weight is 556 g/mol. The van der Waals surface area contributed by atoms with Crippen molar-refractivity contribution in [2.45, 2.75) is 11.8 Å². The number of rotatable bonds is 6. The molecule has 176 valence electrons. The highest BCUT2D eigenvalue weighted by atomic mass is 35.5. The molecule has 0 aliphatic heterocycles. The summed E-state index contributed by atoms with van der Waals surface area (Å²) in [6.07, 6.45) is 8.66. The summed E-state index contributed by atoms with van der Waals surface area (Å²) in [6.45, 7) is 0. The van der Waals surface area contributed by atoms with Gasteiger partial charge in [-0.2, -0.15) is 0 Å². The van der Waals surface area contributed by atoms with Gasteiger partial charge in [-0.15, -0.1) is 11.3 Å². The molecule has 1 aromatic heterocycles. The Morgan fingerprint density at radius 2 is 1.06 bits per heavy atom. The minimum Gasteiger partial charge on any atom is -0.149 e. The quantitative estimate of drug-likeness (QED) is 0.222. The van der Waals surface area contributed by atoms with Crippen molar-refractivity contribution in [1.82, 2.24) is 0 Å². The van der Waals surface area contributed by atoms with Crippen LogP contribution in [0.1, 0.15) is 33.4 Å². The maximum Gasteiger partial charge on any atom is 0.0493 e. The molecule has 5 rings (SSSR count). The van der Waals surface area contributed by atoms with E-state index in [1.165, 1.54) is 10.4 Å². The molecule has 1 saturated carbocycles. The van der Waals surface area contributed by atoms with Gasteiger partial charge in [-0.25, -0.2) is 0 Å². The second-order valence-electron chi connectivity index (χ2n) is 8.62. The fourth-order valence-corrected chi connectivity index (χ4v) is 6.99. The summed E-state index contributed by atoms with van der Waals surface area (Å²) in [5.74, 6) is 1.16. The third-order valence-corrected chi connectivity index (χ3v) is 8.98. The number of benzene rings is 3. The molecule has 0 spiro atoms. The minimum atomic E-state index is 0.245. The van der Waals surface area contributed by atoms with Crippen molar-refractivity contribution in [1.29, 1.82) is 0 Å². The molecule has 0 bridgehead atoms. The van der Waals surface area contributed by atoms with Gasteiger partial charge in [0, 0.05) is 42.0 Å². The molecular weight excluding hydrogens is 534 g/mol. The van der Waals surface area contributed by atoms with Crippen LogP contribution < -0.4 is 0 Å². The van der Waals surface area contributed by atoms with Crippen molar-refractivity contribution in [3.63, 3.8) is 0 Å². The molecule has 35 heavy (non-hydrogen) atoms. The highest BCUT2D eigenvalue weighted by Crippen LogP contribution is 2.60. The van der Waals surface area contributed by atoms with Crippen LogP contribution in [0.5, 0.6) is 0 Å². The molecule has 1 heterocycles. The van der Waals surface area contributed by atoms with Crippen molar-refractivity contribution in [3.8, 4) is 0 Å². The van der Waals surface area contributed by atoms with E-state index >= 15 is 0 Å². The summed E-state index contributed by atoms with van der Waals surface area (Å²) < 4.78 is 0. The number of hydrogen-bond donors (Lipinski definition) is 0. The molecule has 3 aromatic carbocycles. The van der Waals surface area contributed by atoms with Crippen LogP contribution in [-0.4, -0.2) is 0 Å². The summed E-state index contributed by atoms with van der Waals surface area (Å²) in [7, 11) is 0. The smallest absolute Gasteiger partial charge is 0.0493 e. The fraction of sp³-hybridized carbons (Fsp3) is 0.133. The van der Waals surface area contributed by atoms with Crippen molar-refractivity contribution in [2.24, 2.45) is 11.8 Å². The Balaban J connectivity index is 1.58. The Labute approximate surface area is 230 Å². The lowest BCUT2D eigenvalue weighted by atomic mass is 9.54. The van der Waals surface area contributed by atoms with Crippen LogP contribution >= 0.6 is 57.7 Å². The summed E-state index contributed by atoms with van der Waals surface area (Å²) >= 11 is 27.7. The second-order valence-corrected chi connectivity index (χ2v) is 11.2. The third kappa shape index (κ3) is 5.12. The summed E-state index contributed by atoms with van der Waals surface area (Å²) in [6, 6.07) is 26.3. The largest absolute Gasteiger partial charge is 0.149 e. The zero-order valence-corrected chi connectivity index (χ0v) is 22.5. The number of halogens is 4. The third-order valence-electron chi connectivity index (χ3n) is 6.69. The van der Waals surface area contributed by atoms with Crippen LogP contribution in [0.15, 0.2) is 96.4 Å². The lowest BCUT2D eigenvalue weighted by molar-refractivity contribution is 0.181. The molecule has 0 amide bonds. The maximum absolute atomic E-state index is 6.47. The SMILES string of the molecule is Clc1cccc(Cl)c1/C=C/C1C(/C=C/c2c(Cl)cccc2Cl)C(c2cccs2)C1c1ccccc1. The Morgan fingerprint density at radius 3 is 1.54 bits per heavy atom. The first-order valence-corrected chi connectivity index (χ1v) is 13.8. The molecule has 0 N–H and O–H groups in total. The first kappa shape index (κ1) is 24.7. The van der Waals surface area contributed by atoms with Crippen LogP contribution in [-0.2, 0) is 0 Å². The van der Waals surface area contributed by atoms with Gasteiger partial charge in [0.05, 0.1) is 0 Å². The molecule has 0 radical (unpaired) electrons. The second kappa shape index (κ2) is 10.9. The van der Waals surface area contributed by atoms with Gasteiger partial charge in [-0.3, -0.25) is 0 Å². The van der Waals surface area contributed by atoms with E-state index < -0.39 is 0 Å². The van der Waals surface area contributed by atoms with Gasteiger partial charge in [0.2, 0.25) is 0 Å². The standard InChI is InChI=1S/C30H22Cl4S/c31-24-9-4-10-25(32)22(24)16-14-20-21(15-17-23-26(33)11-5-12-27(23)34)30(28-13-6-18-35-28)29(20)19-7-2-1-3-8-19/h1-18,20-21,29-30H/b16-14+,17-15+. The van der Waals surface area contributed by atoms with E-state index in [-0.39, 0.29) is 11.8 Å². The van der Waals surface area contributed by atoms with Crippen molar-refractivity contribution in [3.05, 3.63) is 138 Å². The van der Waals surface area contributed by atoms with Crippen LogP contribution in [0, 0.1) is 11.8 Å². The summed E-state index contributed by atoms with van der Waals surface area (Å²) in [5.41, 5.74) is 3.02. The summed E-state index contributed by atoms with van der Waals surface area (Å²) in [4.78, 5) is 1.37. The van der Waals surface area contributed by atoms with Crippen LogP contribution in [0.3, 0.4) is 0 Å². The van der Waals surface area contributed by atoms with E-state index in [0.717, 1.165) is 11.1 Å². The molecule has 0 saturated heterocycles. The van der Waals surface area contributed by atoms with Gasteiger partial charge in [-0.1, -0.05) is 119 Å². The van der Waals surface area contributed by atoms with Gasteiger partial charge in [0.1, 0.15) is 0 Å². The normalized spacial score (nSPS) is 22.1. The van der Waals surface area contributed by atoms with Crippen LogP contribution in [0.2, 0.25) is 20.1 Å². The fourth-order valence-electron chi connectivity index (χ4n) is 5.02. The van der Waals surface area contributed by atoms with Gasteiger partial charge < -0.3 is 0 Å². The Kier molecular flexibility index (Phi) is 7.72. The zero-order valence-electron chi connectivity index (χ0n) is 18.6. The van der Waals surface area contributed by atoms with E-state index in [9.17, 15) is 0 Å². The van der Waals surface area contributed by atoms with Gasteiger partial charge in [0.15, 0.2) is 0 Å². The van der Waals surface area contributed by atoms with Crippen LogP contribution in [0.25, 0.3) is 12.2 Å². The Morgan fingerprint density at radius 1 is 0.543 bits per heavy atom. The minimum absolute atomic E-state index is 0.245. The topological polar surface area (TPSA) is 0 Å². The molecule has 1 fully saturated rings. The van der Waals surface area contributed by atoms with Crippen molar-refractivity contribution >= 4 is 69.9 Å². The number of hydrogen-bond acceptors (Lipinski definition) is 1. The first-order chi connectivity index (χ1) is 17.0. The molecule has 5 heteroatoms. The van der Waals surface area contributed by atoms with Gasteiger partial charge >= 0.3 is 0 Å². The van der Waals surface area contributed by atoms with E-state index in [4.69, 9.17) is 46.4 Å². The molecule has 4 atom stereocenters. The maximum atomic E-state index is 6.47. The Hall–Kier alpha value is -2.00. The van der Waals surface area contributed by atoms with E-state index in [0.29, 0.717) is 31.9 Å². The highest BCUT2D eigenvalue weighted by Gasteiger charge is 2.49. The van der Waals surface area contributed by atoms with Crippen molar-refractivity contribution in [2.75, 3.05) is 0 Å². The molecule has 4 unspecified atom stereocenters. The molecular formula is C30H22Cl4S. The predicted molar refractivity (Wildman–Crippen MR) is 154 cm³/mol. The molecule has 1 aliphatic carbocycles. The summed E-state index contributed by atoms with van der Waals surface area (Å²) in [5, 5.41) is 4.74. The Bertz CT molecular complexity index is 1320. The lowest BCUT2D eigenvalue weighted by Gasteiger charge is -2.50. The zero-order chi connectivity index (χ0) is 24.4. The van der Waals surface area contributed by atoms with E-state index in [1.54, 1.807) is 11.3 Å². The number of allylic oxidation sites excluding steroid dienone is 2. The number of thiophene rings is 1. The average Bonchev–Trinajstić information content (AvgIpc) is 3.36. The van der Waals surface area contributed by atoms with E-state index in [2.05, 4.69) is 72.1 Å². The van der Waals surface area contributed by atoms with Gasteiger partial charge in [-0.05, 0) is 59.0 Å². The predicted octanol–water partition coefficient (Wildman–Crippen LogP) is 10.9. The highest BCUT2D eigenvalue weighted by molar-refractivity contribution is 7.10. The molecule has 1 aliphatic rings. The lowest BCUT2D eigenvalue weighted by Crippen LogP contribution is -2.41.